The van der Waals surface area contributed by atoms with E-state index in [-0.39, 0.29) is 17.3 Å². The highest BCUT2D eigenvalue weighted by molar-refractivity contribution is 8.00. The van der Waals surface area contributed by atoms with Crippen molar-refractivity contribution in [3.63, 3.8) is 0 Å². The Labute approximate surface area is 167 Å². The first-order valence-corrected chi connectivity index (χ1v) is 10.2. The first kappa shape index (κ1) is 25.6. The maximum absolute atomic E-state index is 12.7. The number of carbonyl (C=O) groups excluding carboxylic acids is 3. The summed E-state index contributed by atoms with van der Waals surface area (Å²) in [6.07, 6.45) is -0.673. The lowest BCUT2D eigenvalue weighted by atomic mass is 10.0. The fraction of sp³-hybridized carbons (Fsp3) is 0.842. The van der Waals surface area contributed by atoms with E-state index < -0.39 is 35.7 Å². The number of amides is 2. The van der Waals surface area contributed by atoms with Crippen LogP contribution < -0.4 is 10.6 Å². The number of thioether (sulfide) groups is 1. The van der Waals surface area contributed by atoms with Crippen LogP contribution in [0.4, 0.5) is 4.79 Å². The van der Waals surface area contributed by atoms with Crippen molar-refractivity contribution in [2.24, 2.45) is 5.92 Å². The molecule has 0 aliphatic carbocycles. The summed E-state index contributed by atoms with van der Waals surface area (Å²) in [6.45, 7) is 16.9. The molecule has 2 N–H and O–H groups in total. The smallest absolute Gasteiger partial charge is 0.408 e. The van der Waals surface area contributed by atoms with E-state index in [1.54, 1.807) is 39.5 Å². The molecule has 0 saturated heterocycles. The number of hydrogen-bond acceptors (Lipinski definition) is 6. The lowest BCUT2D eigenvalue weighted by molar-refractivity contribution is -0.147. The number of ether oxygens (including phenoxy) is 2. The van der Waals surface area contributed by atoms with Gasteiger partial charge >= 0.3 is 12.1 Å². The van der Waals surface area contributed by atoms with Crippen LogP contribution in [0.5, 0.6) is 0 Å². The van der Waals surface area contributed by atoms with Crippen molar-refractivity contribution < 1.29 is 23.9 Å². The van der Waals surface area contributed by atoms with Crippen molar-refractivity contribution in [2.75, 3.05) is 12.4 Å². The van der Waals surface area contributed by atoms with E-state index in [2.05, 4.69) is 10.6 Å². The third-order valence-corrected chi connectivity index (χ3v) is 4.56. The second-order valence-corrected chi connectivity index (χ2v) is 10.5. The summed E-state index contributed by atoms with van der Waals surface area (Å²) < 4.78 is 10.2. The Balaban J connectivity index is 5.14. The Morgan fingerprint density at radius 1 is 1.00 bits per heavy atom. The number of rotatable bonds is 8. The second-order valence-electron chi connectivity index (χ2n) is 8.60. The molecular weight excluding hydrogens is 368 g/mol. The van der Waals surface area contributed by atoms with Crippen LogP contribution in [0.15, 0.2) is 0 Å². The van der Waals surface area contributed by atoms with E-state index >= 15 is 0 Å². The molecule has 0 aromatic carbocycles. The number of hydrogen-bond donors (Lipinski definition) is 2. The summed E-state index contributed by atoms with van der Waals surface area (Å²) >= 11 is 1.55. The van der Waals surface area contributed by atoms with Crippen LogP contribution in [0, 0.1) is 5.92 Å². The third-order valence-electron chi connectivity index (χ3n) is 3.19. The van der Waals surface area contributed by atoms with Crippen molar-refractivity contribution in [1.82, 2.24) is 10.6 Å². The highest BCUT2D eigenvalue weighted by atomic mass is 32.2. The highest BCUT2D eigenvalue weighted by Crippen LogP contribution is 2.24. The van der Waals surface area contributed by atoms with Gasteiger partial charge in [-0.05, 0) is 33.6 Å². The largest absolute Gasteiger partial charge is 0.464 e. The Morgan fingerprint density at radius 2 is 1.56 bits per heavy atom. The zero-order chi connectivity index (χ0) is 21.4. The molecule has 0 aliphatic rings. The summed E-state index contributed by atoms with van der Waals surface area (Å²) in [7, 11) is 0. The van der Waals surface area contributed by atoms with Crippen molar-refractivity contribution in [3.05, 3.63) is 0 Å². The SMILES string of the molecule is CCOC(=O)C(CSC(C)(C)C)NC(=O)C(NC(=O)OC(C)(C)C)C(C)C. The Hall–Kier alpha value is -1.44. The van der Waals surface area contributed by atoms with E-state index in [1.807, 2.05) is 34.6 Å². The maximum atomic E-state index is 12.7. The molecule has 0 radical (unpaired) electrons. The van der Waals surface area contributed by atoms with Gasteiger partial charge in [-0.25, -0.2) is 9.59 Å². The fourth-order valence-corrected chi connectivity index (χ4v) is 2.86. The average Bonchev–Trinajstić information content (AvgIpc) is 2.45. The number of nitrogens with one attached hydrogen (secondary N) is 2. The summed E-state index contributed by atoms with van der Waals surface area (Å²) in [5.74, 6) is -0.730. The molecule has 0 saturated carbocycles. The predicted molar refractivity (Wildman–Crippen MR) is 109 cm³/mol. The van der Waals surface area contributed by atoms with Gasteiger partial charge in [-0.1, -0.05) is 34.6 Å². The molecule has 0 fully saturated rings. The zero-order valence-corrected chi connectivity index (χ0v) is 18.9. The number of alkyl carbamates (subject to hydrolysis) is 1. The summed E-state index contributed by atoms with van der Waals surface area (Å²) in [5.41, 5.74) is -0.668. The van der Waals surface area contributed by atoms with Crippen LogP contribution in [0.1, 0.15) is 62.3 Å². The van der Waals surface area contributed by atoms with E-state index in [4.69, 9.17) is 9.47 Å². The molecule has 0 heterocycles. The maximum Gasteiger partial charge on any atom is 0.408 e. The minimum absolute atomic E-state index is 0.0678. The minimum Gasteiger partial charge on any atom is -0.464 e. The monoisotopic (exact) mass is 404 g/mol. The van der Waals surface area contributed by atoms with Gasteiger partial charge in [0.05, 0.1) is 6.61 Å². The van der Waals surface area contributed by atoms with Gasteiger partial charge in [-0.2, -0.15) is 11.8 Å². The lowest BCUT2D eigenvalue weighted by Crippen LogP contribution is -2.55. The summed E-state index contributed by atoms with van der Waals surface area (Å²) in [4.78, 5) is 37.0. The molecule has 2 atom stereocenters. The van der Waals surface area contributed by atoms with Gasteiger partial charge in [-0.15, -0.1) is 0 Å². The topological polar surface area (TPSA) is 93.7 Å². The molecule has 27 heavy (non-hydrogen) atoms. The molecule has 0 spiro atoms. The third kappa shape index (κ3) is 11.8. The molecule has 0 bridgehead atoms. The molecule has 158 valence electrons. The lowest BCUT2D eigenvalue weighted by Gasteiger charge is -2.27. The predicted octanol–water partition coefficient (Wildman–Crippen LogP) is 3.12. The van der Waals surface area contributed by atoms with Crippen LogP contribution in [-0.2, 0) is 19.1 Å². The first-order chi connectivity index (χ1) is 12.2. The quantitative estimate of drug-likeness (QED) is 0.604. The van der Waals surface area contributed by atoms with Crippen LogP contribution in [0.25, 0.3) is 0 Å². The number of esters is 1. The van der Waals surface area contributed by atoms with Gasteiger partial charge in [-0.3, -0.25) is 4.79 Å². The Bertz CT molecular complexity index is 509. The molecule has 0 aromatic heterocycles. The van der Waals surface area contributed by atoms with Crippen LogP contribution in [0.2, 0.25) is 0 Å². The molecule has 0 aliphatic heterocycles. The summed E-state index contributed by atoms with van der Waals surface area (Å²) in [6, 6.07) is -1.61. The first-order valence-electron chi connectivity index (χ1n) is 9.26. The van der Waals surface area contributed by atoms with Gasteiger partial charge in [0.2, 0.25) is 5.91 Å². The standard InChI is InChI=1S/C19H36N2O5S/c1-10-25-16(23)13(11-27-19(7,8)9)20-15(22)14(12(2)3)21-17(24)26-18(4,5)6/h12-14H,10-11H2,1-9H3,(H,20,22)(H,21,24). The van der Waals surface area contributed by atoms with Crippen LogP contribution >= 0.6 is 11.8 Å². The van der Waals surface area contributed by atoms with Crippen molar-refractivity contribution in [2.45, 2.75) is 84.7 Å². The molecule has 2 unspecified atom stereocenters. The van der Waals surface area contributed by atoms with Crippen molar-refractivity contribution in [3.8, 4) is 0 Å². The second kappa shape index (κ2) is 10.8. The van der Waals surface area contributed by atoms with Gasteiger partial charge in [0.1, 0.15) is 17.7 Å². The Kier molecular flexibility index (Phi) is 10.2. The molecule has 0 rings (SSSR count). The molecule has 8 heteroatoms. The van der Waals surface area contributed by atoms with Crippen molar-refractivity contribution >= 4 is 29.7 Å². The fourth-order valence-electron chi connectivity index (χ4n) is 1.98. The average molecular weight is 405 g/mol. The molecular formula is C19H36N2O5S. The van der Waals surface area contributed by atoms with E-state index in [1.165, 1.54) is 0 Å². The molecule has 0 aromatic rings. The zero-order valence-electron chi connectivity index (χ0n) is 18.1. The summed E-state index contributed by atoms with van der Waals surface area (Å²) in [5, 5.41) is 5.31. The normalized spacial score (nSPS) is 14.3. The Morgan fingerprint density at radius 3 is 1.96 bits per heavy atom. The van der Waals surface area contributed by atoms with Gasteiger partial charge < -0.3 is 20.1 Å². The van der Waals surface area contributed by atoms with E-state index in [9.17, 15) is 14.4 Å². The van der Waals surface area contributed by atoms with Crippen molar-refractivity contribution in [1.29, 1.82) is 0 Å². The number of carbonyl (C=O) groups is 3. The van der Waals surface area contributed by atoms with Crippen LogP contribution in [0.3, 0.4) is 0 Å². The van der Waals surface area contributed by atoms with Gasteiger partial charge in [0.25, 0.3) is 0 Å². The van der Waals surface area contributed by atoms with E-state index in [0.29, 0.717) is 5.75 Å². The van der Waals surface area contributed by atoms with Gasteiger partial charge in [0.15, 0.2) is 0 Å². The van der Waals surface area contributed by atoms with Gasteiger partial charge in [0, 0.05) is 10.5 Å². The van der Waals surface area contributed by atoms with E-state index in [0.717, 1.165) is 0 Å². The van der Waals surface area contributed by atoms with Crippen LogP contribution in [-0.4, -0.2) is 52.8 Å². The molecule has 7 nitrogen and oxygen atoms in total. The molecule has 2 amide bonds. The minimum atomic E-state index is -0.823. The highest BCUT2D eigenvalue weighted by Gasteiger charge is 2.31.